The Balaban J connectivity index is 2.70. The lowest BCUT2D eigenvalue weighted by Crippen LogP contribution is -2.37. The molecule has 0 saturated carbocycles. The molecular formula is C26H44O5. The van der Waals surface area contributed by atoms with Crippen molar-refractivity contribution in [3.8, 4) is 0 Å². The number of hydrogen-bond donors (Lipinski definition) is 1. The summed E-state index contributed by atoms with van der Waals surface area (Å²) in [5.74, 6) is 0.657. The van der Waals surface area contributed by atoms with Crippen LogP contribution in [0.1, 0.15) is 47.5 Å². The van der Waals surface area contributed by atoms with Gasteiger partial charge in [-0.05, 0) is 38.7 Å². The molecule has 1 aliphatic heterocycles. The van der Waals surface area contributed by atoms with Gasteiger partial charge in [0.15, 0.2) is 6.29 Å². The number of methoxy groups -OCH3 is 1. The van der Waals surface area contributed by atoms with Crippen LogP contribution in [0.15, 0.2) is 48.6 Å². The highest BCUT2D eigenvalue weighted by Gasteiger charge is 2.31. The second-order valence-corrected chi connectivity index (χ2v) is 8.25. The van der Waals surface area contributed by atoms with E-state index in [0.717, 1.165) is 12.8 Å². The van der Waals surface area contributed by atoms with Gasteiger partial charge in [-0.15, -0.1) is 0 Å². The first kappa shape index (κ1) is 27.8. The molecule has 1 aliphatic rings. The van der Waals surface area contributed by atoms with Gasteiger partial charge in [0, 0.05) is 25.6 Å². The second kappa shape index (κ2) is 16.4. The molecule has 0 aromatic heterocycles. The SMILES string of the molecule is C/C=C/C=C\C=C/[C@H](O)[C@H](C)[C@H](CC[C@H](C)[C@@H]1O[C@@H](OC)C=C[C@@H]1C)OCCOCC. The zero-order chi connectivity index (χ0) is 23.1. The zero-order valence-electron chi connectivity index (χ0n) is 20.3. The van der Waals surface area contributed by atoms with Crippen LogP contribution in [0.5, 0.6) is 0 Å². The normalized spacial score (nSPS) is 26.1. The van der Waals surface area contributed by atoms with Gasteiger partial charge >= 0.3 is 0 Å². The smallest absolute Gasteiger partial charge is 0.176 e. The lowest BCUT2D eigenvalue weighted by molar-refractivity contribution is -0.159. The molecule has 0 saturated heterocycles. The molecule has 0 fully saturated rings. The molecule has 1 rings (SSSR count). The first-order valence-electron chi connectivity index (χ1n) is 11.6. The lowest BCUT2D eigenvalue weighted by atomic mass is 9.85. The predicted octanol–water partition coefficient (Wildman–Crippen LogP) is 5.07. The molecule has 31 heavy (non-hydrogen) atoms. The molecule has 178 valence electrons. The highest BCUT2D eigenvalue weighted by molar-refractivity contribution is 5.12. The van der Waals surface area contributed by atoms with Crippen molar-refractivity contribution in [3.63, 3.8) is 0 Å². The number of rotatable bonds is 15. The Hall–Kier alpha value is -1.24. The van der Waals surface area contributed by atoms with Gasteiger partial charge in [0.1, 0.15) is 0 Å². The second-order valence-electron chi connectivity index (χ2n) is 8.25. The molecule has 0 amide bonds. The average Bonchev–Trinajstić information content (AvgIpc) is 2.78. The standard InChI is InChI=1S/C26H44O5/c1-7-9-10-11-12-13-23(27)22(5)24(30-19-18-29-8-2)16-14-20(3)26-21(4)15-17-25(28-6)31-26/h7,9-13,15,17,20-27H,8,14,16,18-19H2,1-6H3/b9-7+,11-10-,13-12-/t20-,21-,22-,23-,24-,25+,26-/m0/s1. The van der Waals surface area contributed by atoms with Crippen molar-refractivity contribution in [2.24, 2.45) is 17.8 Å². The van der Waals surface area contributed by atoms with Gasteiger partial charge in [0.05, 0.1) is 31.5 Å². The third-order valence-electron chi connectivity index (χ3n) is 5.80. The number of hydrogen-bond acceptors (Lipinski definition) is 5. The van der Waals surface area contributed by atoms with Gasteiger partial charge in [-0.25, -0.2) is 0 Å². The maximum atomic E-state index is 10.7. The lowest BCUT2D eigenvalue weighted by Gasteiger charge is -2.35. The molecule has 0 aromatic carbocycles. The summed E-state index contributed by atoms with van der Waals surface area (Å²) in [5.41, 5.74) is 0. The van der Waals surface area contributed by atoms with Crippen molar-refractivity contribution in [1.29, 1.82) is 0 Å². The Morgan fingerprint density at radius 2 is 1.81 bits per heavy atom. The first-order chi connectivity index (χ1) is 14.9. The van der Waals surface area contributed by atoms with Crippen LogP contribution in [0.4, 0.5) is 0 Å². The van der Waals surface area contributed by atoms with Gasteiger partial charge in [0.25, 0.3) is 0 Å². The van der Waals surface area contributed by atoms with Gasteiger partial charge in [-0.1, -0.05) is 63.3 Å². The fourth-order valence-electron chi connectivity index (χ4n) is 3.79. The molecule has 0 bridgehead atoms. The van der Waals surface area contributed by atoms with Crippen LogP contribution in [0, 0.1) is 17.8 Å². The number of aliphatic hydroxyl groups is 1. The van der Waals surface area contributed by atoms with Gasteiger partial charge in [0.2, 0.25) is 0 Å². The zero-order valence-corrected chi connectivity index (χ0v) is 20.3. The van der Waals surface area contributed by atoms with Crippen LogP contribution in [0.3, 0.4) is 0 Å². The van der Waals surface area contributed by atoms with Crippen LogP contribution in [-0.2, 0) is 18.9 Å². The maximum Gasteiger partial charge on any atom is 0.176 e. The number of allylic oxidation sites excluding steroid dienone is 5. The Morgan fingerprint density at radius 1 is 1.06 bits per heavy atom. The molecule has 0 aliphatic carbocycles. The Kier molecular flexibility index (Phi) is 14.7. The van der Waals surface area contributed by atoms with E-state index in [1.165, 1.54) is 0 Å². The van der Waals surface area contributed by atoms with E-state index in [1.54, 1.807) is 7.11 Å². The third-order valence-corrected chi connectivity index (χ3v) is 5.80. The fourth-order valence-corrected chi connectivity index (χ4v) is 3.79. The van der Waals surface area contributed by atoms with Crippen molar-refractivity contribution in [2.75, 3.05) is 26.9 Å². The van der Waals surface area contributed by atoms with Crippen LogP contribution in [-0.4, -0.2) is 56.6 Å². The quantitative estimate of drug-likeness (QED) is 0.221. The summed E-state index contributed by atoms with van der Waals surface area (Å²) in [6, 6.07) is 0. The minimum Gasteiger partial charge on any atom is -0.389 e. The highest BCUT2D eigenvalue weighted by atomic mass is 16.7. The van der Waals surface area contributed by atoms with E-state index in [-0.39, 0.29) is 24.4 Å². The summed E-state index contributed by atoms with van der Waals surface area (Å²) in [6.07, 6.45) is 16.6. The molecule has 0 aromatic rings. The van der Waals surface area contributed by atoms with Gasteiger partial charge in [-0.2, -0.15) is 0 Å². The minimum absolute atomic E-state index is 0.0310. The Bertz CT molecular complexity index is 568. The van der Waals surface area contributed by atoms with Crippen LogP contribution in [0.25, 0.3) is 0 Å². The summed E-state index contributed by atoms with van der Waals surface area (Å²) < 4.78 is 23.0. The van der Waals surface area contributed by atoms with Crippen molar-refractivity contribution >= 4 is 0 Å². The average molecular weight is 437 g/mol. The summed E-state index contributed by atoms with van der Waals surface area (Å²) in [6.45, 7) is 12.2. The summed E-state index contributed by atoms with van der Waals surface area (Å²) in [5, 5.41) is 10.7. The monoisotopic (exact) mass is 436 g/mol. The first-order valence-corrected chi connectivity index (χ1v) is 11.6. The van der Waals surface area contributed by atoms with Gasteiger partial charge in [-0.3, -0.25) is 0 Å². The summed E-state index contributed by atoms with van der Waals surface area (Å²) in [4.78, 5) is 0. The molecule has 0 spiro atoms. The summed E-state index contributed by atoms with van der Waals surface area (Å²) in [7, 11) is 1.67. The predicted molar refractivity (Wildman–Crippen MR) is 127 cm³/mol. The third kappa shape index (κ3) is 10.8. The Labute approximate surface area is 189 Å². The van der Waals surface area contributed by atoms with Crippen molar-refractivity contribution < 1.29 is 24.1 Å². The minimum atomic E-state index is -0.576. The molecule has 5 nitrogen and oxygen atoms in total. The molecule has 1 heterocycles. The van der Waals surface area contributed by atoms with E-state index in [2.05, 4.69) is 19.9 Å². The molecule has 5 heteroatoms. The van der Waals surface area contributed by atoms with E-state index in [0.29, 0.717) is 31.7 Å². The van der Waals surface area contributed by atoms with Crippen molar-refractivity contribution in [1.82, 2.24) is 0 Å². The van der Waals surface area contributed by atoms with E-state index < -0.39 is 6.10 Å². The van der Waals surface area contributed by atoms with Crippen LogP contribution < -0.4 is 0 Å². The molecule has 0 radical (unpaired) electrons. The van der Waals surface area contributed by atoms with Crippen molar-refractivity contribution in [2.45, 2.75) is 72.1 Å². The topological polar surface area (TPSA) is 57.2 Å². The number of ether oxygens (including phenoxy) is 4. The summed E-state index contributed by atoms with van der Waals surface area (Å²) >= 11 is 0. The van der Waals surface area contributed by atoms with Crippen LogP contribution in [0.2, 0.25) is 0 Å². The van der Waals surface area contributed by atoms with E-state index >= 15 is 0 Å². The highest BCUT2D eigenvalue weighted by Crippen LogP contribution is 2.29. The number of aliphatic hydroxyl groups excluding tert-OH is 1. The maximum absolute atomic E-state index is 10.7. The largest absolute Gasteiger partial charge is 0.389 e. The van der Waals surface area contributed by atoms with E-state index in [1.807, 2.05) is 63.3 Å². The van der Waals surface area contributed by atoms with Gasteiger partial charge < -0.3 is 24.1 Å². The molecule has 1 N–H and O–H groups in total. The molecule has 7 atom stereocenters. The fraction of sp³-hybridized carbons (Fsp3) is 0.692. The molecule has 0 unspecified atom stereocenters. The Morgan fingerprint density at radius 3 is 2.48 bits per heavy atom. The van der Waals surface area contributed by atoms with E-state index in [4.69, 9.17) is 18.9 Å². The van der Waals surface area contributed by atoms with E-state index in [9.17, 15) is 5.11 Å². The van der Waals surface area contributed by atoms with Crippen LogP contribution >= 0.6 is 0 Å². The molecular weight excluding hydrogens is 392 g/mol. The van der Waals surface area contributed by atoms with Crippen molar-refractivity contribution in [3.05, 3.63) is 48.6 Å².